The van der Waals surface area contributed by atoms with Crippen LogP contribution in [0.25, 0.3) is 0 Å². The van der Waals surface area contributed by atoms with Gasteiger partial charge in [-0.3, -0.25) is 0 Å². The normalized spacial score (nSPS) is 17.2. The van der Waals surface area contributed by atoms with Gasteiger partial charge in [-0.2, -0.15) is 0 Å². The van der Waals surface area contributed by atoms with Gasteiger partial charge >= 0.3 is 0 Å². The molecule has 0 unspecified atom stereocenters. The van der Waals surface area contributed by atoms with Crippen molar-refractivity contribution in [1.82, 2.24) is 4.72 Å². The Morgan fingerprint density at radius 3 is 2.50 bits per heavy atom. The van der Waals surface area contributed by atoms with Crippen LogP contribution in [0.15, 0.2) is 17.0 Å². The highest BCUT2D eigenvalue weighted by Gasteiger charge is 2.42. The summed E-state index contributed by atoms with van der Waals surface area (Å²) in [4.78, 5) is -0.303. The van der Waals surface area contributed by atoms with E-state index in [1.807, 2.05) is 0 Å². The lowest BCUT2D eigenvalue weighted by Gasteiger charge is -2.15. The van der Waals surface area contributed by atoms with Crippen LogP contribution in [0.5, 0.6) is 0 Å². The molecule has 1 N–H and O–H groups in total. The molecule has 3 nitrogen and oxygen atoms in total. The Hall–Kier alpha value is -0.0700. The summed E-state index contributed by atoms with van der Waals surface area (Å²) < 4.78 is 40.3. The summed E-state index contributed by atoms with van der Waals surface area (Å²) in [6, 6.07) is 2.36. The van der Waals surface area contributed by atoms with Gasteiger partial charge in [-0.05, 0) is 36.8 Å². The van der Waals surface area contributed by atoms with Gasteiger partial charge in [0.25, 0.3) is 0 Å². The van der Waals surface area contributed by atoms with Crippen molar-refractivity contribution in [1.29, 1.82) is 0 Å². The minimum absolute atomic E-state index is 0.0632. The second-order valence-corrected chi connectivity index (χ2v) is 7.84. The molecule has 2 rings (SSSR count). The molecule has 1 aliphatic rings. The van der Waals surface area contributed by atoms with E-state index >= 15 is 0 Å². The molecule has 0 saturated heterocycles. The summed E-state index contributed by atoms with van der Waals surface area (Å²) in [5.74, 6) is -0.448. The van der Waals surface area contributed by atoms with Crippen molar-refractivity contribution in [3.63, 3.8) is 0 Å². The molecule has 0 bridgehead atoms. The molecule has 0 aliphatic heterocycles. The zero-order valence-electron chi connectivity index (χ0n) is 10.4. The van der Waals surface area contributed by atoms with E-state index in [1.165, 1.54) is 12.1 Å². The van der Waals surface area contributed by atoms with Gasteiger partial charge in [-0.15, -0.1) is 11.6 Å². The Labute approximate surface area is 132 Å². The molecule has 0 spiro atoms. The van der Waals surface area contributed by atoms with E-state index < -0.39 is 20.9 Å². The van der Waals surface area contributed by atoms with Gasteiger partial charge in [-0.1, -0.05) is 23.2 Å². The molecule has 1 fully saturated rings. The molecular weight excluding hydrogens is 348 g/mol. The van der Waals surface area contributed by atoms with E-state index in [4.69, 9.17) is 34.8 Å². The minimum atomic E-state index is -3.87. The number of alkyl halides is 1. The van der Waals surface area contributed by atoms with Gasteiger partial charge in [0.1, 0.15) is 4.90 Å². The molecule has 112 valence electrons. The maximum absolute atomic E-state index is 13.6. The number of hydrogen-bond acceptors (Lipinski definition) is 2. The smallest absolute Gasteiger partial charge is 0.211 e. The van der Waals surface area contributed by atoms with E-state index in [0.29, 0.717) is 5.88 Å². The summed E-state index contributed by atoms with van der Waals surface area (Å²) in [6.07, 6.45) is 2.62. The van der Waals surface area contributed by atoms with Crippen LogP contribution in [-0.2, 0) is 10.0 Å². The number of hydrogen-bond donors (Lipinski definition) is 1. The molecule has 0 radical (unpaired) electrons. The summed E-state index contributed by atoms with van der Waals surface area (Å²) >= 11 is 17.0. The Balaban J connectivity index is 2.17. The second kappa shape index (κ2) is 5.97. The van der Waals surface area contributed by atoms with Crippen LogP contribution in [0.1, 0.15) is 19.3 Å². The third kappa shape index (κ3) is 3.39. The number of nitrogens with one attached hydrogen (secondary N) is 1. The Bertz CT molecular complexity index is 617. The molecule has 0 heterocycles. The fourth-order valence-electron chi connectivity index (χ4n) is 1.93. The monoisotopic (exact) mass is 359 g/mol. The van der Waals surface area contributed by atoms with E-state index in [-0.39, 0.29) is 21.9 Å². The molecule has 1 aliphatic carbocycles. The van der Waals surface area contributed by atoms with Gasteiger partial charge in [-0.25, -0.2) is 17.5 Å². The van der Waals surface area contributed by atoms with Crippen molar-refractivity contribution >= 4 is 44.8 Å². The van der Waals surface area contributed by atoms with Crippen molar-refractivity contribution < 1.29 is 12.8 Å². The van der Waals surface area contributed by atoms with E-state index in [1.54, 1.807) is 0 Å². The summed E-state index contributed by atoms with van der Waals surface area (Å²) in [5.41, 5.74) is -0.0632. The van der Waals surface area contributed by atoms with Crippen molar-refractivity contribution in [2.75, 3.05) is 12.4 Å². The van der Waals surface area contributed by atoms with Gasteiger partial charge < -0.3 is 0 Å². The molecule has 0 aromatic heterocycles. The topological polar surface area (TPSA) is 46.2 Å². The highest BCUT2D eigenvalue weighted by Crippen LogP contribution is 2.48. The first kappa shape index (κ1) is 16.3. The van der Waals surface area contributed by atoms with Crippen LogP contribution in [0.4, 0.5) is 4.39 Å². The van der Waals surface area contributed by atoms with E-state index in [2.05, 4.69) is 4.72 Å². The Morgan fingerprint density at radius 2 is 1.95 bits per heavy atom. The van der Waals surface area contributed by atoms with E-state index in [9.17, 15) is 12.8 Å². The largest absolute Gasteiger partial charge is 0.242 e. The van der Waals surface area contributed by atoms with Crippen LogP contribution < -0.4 is 4.72 Å². The number of halogens is 4. The number of benzene rings is 1. The average Bonchev–Trinajstić information content (AvgIpc) is 3.14. The van der Waals surface area contributed by atoms with Crippen molar-refractivity contribution in [3.8, 4) is 0 Å². The van der Waals surface area contributed by atoms with Gasteiger partial charge in [0, 0.05) is 12.4 Å². The number of rotatable bonds is 6. The first-order valence-electron chi connectivity index (χ1n) is 6.00. The molecule has 1 aromatic carbocycles. The summed E-state index contributed by atoms with van der Waals surface area (Å²) in [5, 5.41) is -0.707. The first-order chi connectivity index (χ1) is 9.31. The highest BCUT2D eigenvalue weighted by atomic mass is 35.5. The van der Waals surface area contributed by atoms with Crippen molar-refractivity contribution in [3.05, 3.63) is 28.0 Å². The zero-order chi connectivity index (χ0) is 15.0. The third-order valence-corrected chi connectivity index (χ3v) is 5.91. The van der Waals surface area contributed by atoms with Crippen molar-refractivity contribution in [2.24, 2.45) is 5.41 Å². The van der Waals surface area contributed by atoms with Crippen LogP contribution in [0.3, 0.4) is 0 Å². The SMILES string of the molecule is O=S(=O)(NCC1(CCCl)CC1)c1ccc(Cl)c(F)c1Cl. The minimum Gasteiger partial charge on any atom is -0.211 e. The molecule has 0 atom stereocenters. The predicted molar refractivity (Wildman–Crippen MR) is 78.6 cm³/mol. The van der Waals surface area contributed by atoms with Crippen LogP contribution in [-0.4, -0.2) is 20.8 Å². The lowest BCUT2D eigenvalue weighted by atomic mass is 10.1. The Morgan fingerprint density at radius 1 is 1.30 bits per heavy atom. The molecule has 20 heavy (non-hydrogen) atoms. The van der Waals surface area contributed by atoms with Crippen LogP contribution in [0.2, 0.25) is 10.0 Å². The molecule has 1 aromatic rings. The fraction of sp³-hybridized carbons (Fsp3) is 0.500. The summed E-state index contributed by atoms with van der Waals surface area (Å²) in [6.45, 7) is 0.280. The van der Waals surface area contributed by atoms with Gasteiger partial charge in [0.2, 0.25) is 10.0 Å². The van der Waals surface area contributed by atoms with Gasteiger partial charge in [0.15, 0.2) is 5.82 Å². The quantitative estimate of drug-likeness (QED) is 0.619. The lowest BCUT2D eigenvalue weighted by molar-refractivity contribution is 0.478. The maximum atomic E-state index is 13.6. The van der Waals surface area contributed by atoms with Crippen LogP contribution in [0, 0.1) is 11.2 Å². The molecule has 8 heteroatoms. The third-order valence-electron chi connectivity index (χ3n) is 3.51. The standard InChI is InChI=1S/C12H13Cl3FNO2S/c13-6-5-12(3-4-12)7-17-20(18,19)9-2-1-8(14)11(16)10(9)15/h1-2,17H,3-7H2. The highest BCUT2D eigenvalue weighted by molar-refractivity contribution is 7.89. The number of sulfonamides is 1. The van der Waals surface area contributed by atoms with Gasteiger partial charge in [0.05, 0.1) is 10.0 Å². The predicted octanol–water partition coefficient (Wildman–Crippen LogP) is 3.82. The van der Waals surface area contributed by atoms with Crippen molar-refractivity contribution in [2.45, 2.75) is 24.2 Å². The zero-order valence-corrected chi connectivity index (χ0v) is 13.5. The maximum Gasteiger partial charge on any atom is 0.242 e. The average molecular weight is 361 g/mol. The van der Waals surface area contributed by atoms with E-state index in [0.717, 1.165) is 19.3 Å². The molecule has 1 saturated carbocycles. The lowest BCUT2D eigenvalue weighted by Crippen LogP contribution is -2.30. The Kier molecular flexibility index (Phi) is 4.87. The fourth-order valence-corrected chi connectivity index (χ4v) is 4.23. The molecular formula is C12H13Cl3FNO2S. The first-order valence-corrected chi connectivity index (χ1v) is 8.78. The van der Waals surface area contributed by atoms with Crippen LogP contribution >= 0.6 is 34.8 Å². The summed E-state index contributed by atoms with van der Waals surface area (Å²) in [7, 11) is -3.87. The molecule has 0 amide bonds. The second-order valence-electron chi connectivity index (χ2n) is 4.94.